The molecule has 1 unspecified atom stereocenters. The third-order valence-electron chi connectivity index (χ3n) is 2.69. The van der Waals surface area contributed by atoms with Crippen LogP contribution in [0.2, 0.25) is 5.02 Å². The Kier molecular flexibility index (Phi) is 5.54. The molecular formula is C12H14Cl2N4OS. The zero-order valence-electron chi connectivity index (χ0n) is 10.6. The van der Waals surface area contributed by atoms with Gasteiger partial charge in [0.2, 0.25) is 0 Å². The molecule has 8 heteroatoms. The second-order valence-corrected chi connectivity index (χ2v) is 6.34. The Morgan fingerprint density at radius 3 is 3.05 bits per heavy atom. The molecule has 2 rings (SSSR count). The van der Waals surface area contributed by atoms with E-state index in [1.165, 1.54) is 11.8 Å². The molecule has 108 valence electrons. The van der Waals surface area contributed by atoms with E-state index in [0.29, 0.717) is 28.0 Å². The number of halogens is 2. The lowest BCUT2D eigenvalue weighted by Crippen LogP contribution is -2.40. The van der Waals surface area contributed by atoms with Crippen molar-refractivity contribution in [1.82, 2.24) is 15.2 Å². The van der Waals surface area contributed by atoms with Crippen LogP contribution in [0.3, 0.4) is 0 Å². The Hall–Kier alpha value is -0.950. The largest absolute Gasteiger partial charge is 0.332 e. The molecule has 0 saturated carbocycles. The lowest BCUT2D eigenvalue weighted by molar-refractivity contribution is 0.211. The molecule has 0 fully saturated rings. The van der Waals surface area contributed by atoms with E-state index in [2.05, 4.69) is 10.3 Å². The summed E-state index contributed by atoms with van der Waals surface area (Å²) < 4.78 is 0.578. The Labute approximate surface area is 131 Å². The van der Waals surface area contributed by atoms with Gasteiger partial charge in [-0.25, -0.2) is 4.79 Å². The lowest BCUT2D eigenvalue weighted by atomic mass is 10.3. The summed E-state index contributed by atoms with van der Waals surface area (Å²) in [5, 5.41) is 3.23. The fourth-order valence-electron chi connectivity index (χ4n) is 1.74. The summed E-state index contributed by atoms with van der Waals surface area (Å²) in [6.07, 6.45) is 3.92. The van der Waals surface area contributed by atoms with Crippen molar-refractivity contribution in [3.05, 3.63) is 39.6 Å². The third-order valence-corrected chi connectivity index (χ3v) is 4.46. The average Bonchev–Trinajstić information content (AvgIpc) is 2.79. The number of carbonyl (C=O) groups is 1. The fourth-order valence-corrected chi connectivity index (χ4v) is 3.30. The number of nitrogens with one attached hydrogen (secondary N) is 1. The van der Waals surface area contributed by atoms with Crippen molar-refractivity contribution in [3.8, 4) is 0 Å². The van der Waals surface area contributed by atoms with Gasteiger partial charge in [-0.05, 0) is 25.1 Å². The number of hydrogen-bond acceptors (Lipinski definition) is 4. The number of nitrogens with two attached hydrogens (primary N) is 1. The summed E-state index contributed by atoms with van der Waals surface area (Å²) in [4.78, 5) is 17.8. The van der Waals surface area contributed by atoms with Gasteiger partial charge < -0.3 is 11.1 Å². The molecule has 0 bridgehead atoms. The number of amides is 2. The number of carbonyl (C=O) groups excluding carboxylic acids is 1. The minimum Gasteiger partial charge on any atom is -0.332 e. The van der Waals surface area contributed by atoms with E-state index in [4.69, 9.17) is 28.9 Å². The van der Waals surface area contributed by atoms with Crippen LogP contribution in [-0.2, 0) is 6.54 Å². The van der Waals surface area contributed by atoms with Crippen molar-refractivity contribution >= 4 is 41.0 Å². The summed E-state index contributed by atoms with van der Waals surface area (Å²) in [5.74, 6) is 0. The van der Waals surface area contributed by atoms with E-state index in [1.54, 1.807) is 29.4 Å². The number of thioether (sulfide) groups is 1. The van der Waals surface area contributed by atoms with Gasteiger partial charge in [0.15, 0.2) is 0 Å². The first-order valence-electron chi connectivity index (χ1n) is 6.01. The van der Waals surface area contributed by atoms with E-state index in [9.17, 15) is 4.79 Å². The molecule has 1 aliphatic rings. The molecule has 1 aliphatic heterocycles. The van der Waals surface area contributed by atoms with Gasteiger partial charge in [-0.1, -0.05) is 35.0 Å². The summed E-state index contributed by atoms with van der Waals surface area (Å²) in [6.45, 7) is 0.756. The first-order chi connectivity index (χ1) is 9.61. The maximum atomic E-state index is 12.1. The number of aromatic nitrogens is 1. The van der Waals surface area contributed by atoms with Crippen LogP contribution in [0, 0.1) is 0 Å². The predicted octanol–water partition coefficient (Wildman–Crippen LogP) is 2.71. The summed E-state index contributed by atoms with van der Waals surface area (Å²) >= 11 is 13.4. The van der Waals surface area contributed by atoms with E-state index in [1.807, 2.05) is 0 Å². The minimum atomic E-state index is -0.242. The van der Waals surface area contributed by atoms with Crippen molar-refractivity contribution in [3.63, 3.8) is 0 Å². The number of nitrogens with zero attached hydrogens (tertiary/aromatic N) is 2. The van der Waals surface area contributed by atoms with Gasteiger partial charge in [-0.3, -0.25) is 9.88 Å². The average molecular weight is 333 g/mol. The fraction of sp³-hybridized carbons (Fsp3) is 0.333. The summed E-state index contributed by atoms with van der Waals surface area (Å²) in [5.41, 5.74) is 6.16. The highest BCUT2D eigenvalue weighted by atomic mass is 35.5. The molecule has 0 aliphatic carbocycles. The zero-order chi connectivity index (χ0) is 14.5. The Bertz CT molecular complexity index is 526. The normalized spacial score (nSPS) is 18.1. The summed E-state index contributed by atoms with van der Waals surface area (Å²) in [7, 11) is 0. The van der Waals surface area contributed by atoms with Crippen LogP contribution in [0.25, 0.3) is 0 Å². The van der Waals surface area contributed by atoms with Gasteiger partial charge in [0, 0.05) is 12.4 Å². The molecule has 1 atom stereocenters. The second-order valence-electron chi connectivity index (χ2n) is 4.08. The van der Waals surface area contributed by atoms with Gasteiger partial charge in [0.25, 0.3) is 0 Å². The standard InChI is InChI=1S/C12H14Cl2N4OS/c13-8-2-1-5-16-9(8)6-17-12(19)18-7-10(14)20-11(18)3-4-15/h1-2,5,7,11H,3-4,6,15H2,(H,17,19). The minimum absolute atomic E-state index is 0.0632. The third kappa shape index (κ3) is 3.79. The van der Waals surface area contributed by atoms with Crippen LogP contribution in [0.1, 0.15) is 12.1 Å². The lowest BCUT2D eigenvalue weighted by Gasteiger charge is -2.22. The zero-order valence-corrected chi connectivity index (χ0v) is 12.9. The second kappa shape index (κ2) is 7.17. The van der Waals surface area contributed by atoms with Crippen LogP contribution in [0.5, 0.6) is 0 Å². The molecule has 2 heterocycles. The highest BCUT2D eigenvalue weighted by Gasteiger charge is 2.28. The molecule has 0 radical (unpaired) electrons. The van der Waals surface area contributed by atoms with E-state index in [0.717, 1.165) is 0 Å². The van der Waals surface area contributed by atoms with E-state index >= 15 is 0 Å². The van der Waals surface area contributed by atoms with Crippen molar-refractivity contribution in [2.45, 2.75) is 18.3 Å². The van der Waals surface area contributed by atoms with Gasteiger partial charge in [-0.15, -0.1) is 0 Å². The quantitative estimate of drug-likeness (QED) is 0.889. The van der Waals surface area contributed by atoms with Crippen LogP contribution in [0.4, 0.5) is 4.79 Å². The highest BCUT2D eigenvalue weighted by molar-refractivity contribution is 8.05. The first kappa shape index (κ1) is 15.4. The molecule has 5 nitrogen and oxygen atoms in total. The van der Waals surface area contributed by atoms with Crippen LogP contribution in [-0.4, -0.2) is 27.8 Å². The topological polar surface area (TPSA) is 71.2 Å². The Morgan fingerprint density at radius 1 is 1.55 bits per heavy atom. The van der Waals surface area contributed by atoms with Gasteiger partial charge >= 0.3 is 6.03 Å². The number of pyridine rings is 1. The highest BCUT2D eigenvalue weighted by Crippen LogP contribution is 2.36. The Morgan fingerprint density at radius 2 is 2.35 bits per heavy atom. The van der Waals surface area contributed by atoms with Gasteiger partial charge in [0.05, 0.1) is 27.0 Å². The first-order valence-corrected chi connectivity index (χ1v) is 7.65. The van der Waals surface area contributed by atoms with Crippen LogP contribution < -0.4 is 11.1 Å². The molecule has 1 aromatic heterocycles. The molecular weight excluding hydrogens is 319 g/mol. The smallest absolute Gasteiger partial charge is 0.322 e. The molecule has 0 spiro atoms. The number of hydrogen-bond donors (Lipinski definition) is 2. The molecule has 1 aromatic rings. The molecule has 0 saturated heterocycles. The SMILES string of the molecule is NCCC1SC(Cl)=CN1C(=O)NCc1ncccc1Cl. The maximum Gasteiger partial charge on any atom is 0.322 e. The molecule has 3 N–H and O–H groups in total. The van der Waals surface area contributed by atoms with E-state index < -0.39 is 0 Å². The predicted molar refractivity (Wildman–Crippen MR) is 82.3 cm³/mol. The van der Waals surface area contributed by atoms with Crippen molar-refractivity contribution < 1.29 is 4.79 Å². The van der Waals surface area contributed by atoms with Crippen molar-refractivity contribution in [2.75, 3.05) is 6.54 Å². The van der Waals surface area contributed by atoms with Gasteiger partial charge in [0.1, 0.15) is 0 Å². The number of urea groups is 1. The number of rotatable bonds is 4. The van der Waals surface area contributed by atoms with Crippen molar-refractivity contribution in [2.24, 2.45) is 5.73 Å². The monoisotopic (exact) mass is 332 g/mol. The molecule has 20 heavy (non-hydrogen) atoms. The van der Waals surface area contributed by atoms with Crippen LogP contribution in [0.15, 0.2) is 28.9 Å². The molecule has 0 aromatic carbocycles. The Balaban J connectivity index is 1.96. The van der Waals surface area contributed by atoms with E-state index in [-0.39, 0.29) is 17.9 Å². The van der Waals surface area contributed by atoms with Gasteiger partial charge in [-0.2, -0.15) is 0 Å². The summed E-state index contributed by atoms with van der Waals surface area (Å²) in [6, 6.07) is 3.23. The maximum absolute atomic E-state index is 12.1. The van der Waals surface area contributed by atoms with Crippen LogP contribution >= 0.6 is 35.0 Å². The molecule has 2 amide bonds. The van der Waals surface area contributed by atoms with Crippen molar-refractivity contribution in [1.29, 1.82) is 0 Å².